The van der Waals surface area contributed by atoms with E-state index >= 15 is 0 Å². The molecular weight excluding hydrogens is 245 g/mol. The molecule has 0 N–H and O–H groups in total. The molecule has 0 aromatic heterocycles. The minimum atomic E-state index is -3.13. The minimum Gasteiger partial charge on any atom is -0.432 e. The zero-order valence-corrected chi connectivity index (χ0v) is 8.81. The molecule has 0 aliphatic rings. The third-order valence-corrected chi connectivity index (χ3v) is 1.99. The summed E-state index contributed by atoms with van der Waals surface area (Å²) in [4.78, 5) is 11.3. The fraction of sp³-hybridized carbons (Fsp3) is 0.300. The molecule has 0 fully saturated rings. The highest BCUT2D eigenvalue weighted by molar-refractivity contribution is 6.19. The quantitative estimate of drug-likeness (QED) is 0.594. The van der Waals surface area contributed by atoms with Crippen molar-refractivity contribution in [3.63, 3.8) is 0 Å². The lowest BCUT2D eigenvalue weighted by Crippen LogP contribution is -2.08. The van der Waals surface area contributed by atoms with Crippen LogP contribution in [0.2, 0.25) is 0 Å². The number of hydrogen-bond acceptors (Lipinski definition) is 2. The average molecular weight is 253 g/mol. The first kappa shape index (κ1) is 12.8. The summed E-state index contributed by atoms with van der Waals surface area (Å²) < 4.78 is 41.2. The van der Waals surface area contributed by atoms with Gasteiger partial charge in [-0.05, 0) is 12.1 Å². The predicted molar refractivity (Wildman–Crippen MR) is 52.7 cm³/mol. The van der Waals surface area contributed by atoms with Crippen LogP contribution in [0.3, 0.4) is 0 Å². The van der Waals surface area contributed by atoms with E-state index in [0.717, 1.165) is 6.07 Å². The van der Waals surface area contributed by atoms with Gasteiger partial charge in [-0.1, -0.05) is 6.07 Å². The number of rotatable bonds is 5. The second kappa shape index (κ2) is 5.75. The van der Waals surface area contributed by atoms with E-state index in [9.17, 15) is 18.0 Å². The highest BCUT2D eigenvalue weighted by Gasteiger charge is 2.17. The van der Waals surface area contributed by atoms with E-state index in [1.165, 1.54) is 12.1 Å². The molecule has 1 aromatic carbocycles. The number of benzene rings is 1. The van der Waals surface area contributed by atoms with E-state index in [0.29, 0.717) is 0 Å². The first-order valence-corrected chi connectivity index (χ1v) is 4.92. The van der Waals surface area contributed by atoms with Crippen molar-refractivity contribution in [2.45, 2.75) is 13.0 Å². The summed E-state index contributed by atoms with van der Waals surface area (Å²) in [7, 11) is 0. The standard InChI is InChI=1S/C10H8ClF3O2/c11-5-4-7(15)6-2-1-3-8(9(6)12)16-10(13)14/h1-3,10H,4-5H2. The van der Waals surface area contributed by atoms with Crippen LogP contribution in [-0.4, -0.2) is 18.3 Å². The van der Waals surface area contributed by atoms with E-state index in [-0.39, 0.29) is 17.9 Å². The monoisotopic (exact) mass is 252 g/mol. The van der Waals surface area contributed by atoms with Crippen molar-refractivity contribution in [2.75, 3.05) is 5.88 Å². The second-order valence-electron chi connectivity index (χ2n) is 2.86. The van der Waals surface area contributed by atoms with E-state index in [1.54, 1.807) is 0 Å². The van der Waals surface area contributed by atoms with Crippen LogP contribution < -0.4 is 4.74 Å². The first-order valence-electron chi connectivity index (χ1n) is 4.38. The van der Waals surface area contributed by atoms with Crippen molar-refractivity contribution in [3.8, 4) is 5.75 Å². The van der Waals surface area contributed by atoms with Crippen LogP contribution in [0.25, 0.3) is 0 Å². The third-order valence-electron chi connectivity index (χ3n) is 1.80. The number of carbonyl (C=O) groups is 1. The SMILES string of the molecule is O=C(CCCl)c1cccc(OC(F)F)c1F. The molecule has 0 saturated carbocycles. The van der Waals surface area contributed by atoms with Gasteiger partial charge in [0.05, 0.1) is 5.56 Å². The van der Waals surface area contributed by atoms with Gasteiger partial charge in [-0.3, -0.25) is 4.79 Å². The zero-order valence-electron chi connectivity index (χ0n) is 8.05. The Morgan fingerprint density at radius 1 is 1.44 bits per heavy atom. The van der Waals surface area contributed by atoms with Crippen LogP contribution in [0.1, 0.15) is 16.8 Å². The molecule has 0 heterocycles. The van der Waals surface area contributed by atoms with E-state index in [2.05, 4.69) is 4.74 Å². The first-order chi connectivity index (χ1) is 7.56. The molecule has 88 valence electrons. The van der Waals surface area contributed by atoms with Gasteiger partial charge in [0.25, 0.3) is 0 Å². The lowest BCUT2D eigenvalue weighted by atomic mass is 10.1. The van der Waals surface area contributed by atoms with Gasteiger partial charge in [-0.25, -0.2) is 4.39 Å². The summed E-state index contributed by atoms with van der Waals surface area (Å²) in [6.07, 6.45) is -0.0589. The second-order valence-corrected chi connectivity index (χ2v) is 3.24. The maximum Gasteiger partial charge on any atom is 0.387 e. The lowest BCUT2D eigenvalue weighted by molar-refractivity contribution is -0.0522. The molecule has 0 aliphatic heterocycles. The Labute approximate surface area is 95.0 Å². The van der Waals surface area contributed by atoms with Crippen molar-refractivity contribution < 1.29 is 22.7 Å². The van der Waals surface area contributed by atoms with Crippen LogP contribution in [0.5, 0.6) is 5.75 Å². The number of ketones is 1. The molecule has 0 radical (unpaired) electrons. The number of hydrogen-bond donors (Lipinski definition) is 0. The number of Topliss-reactive ketones (excluding diaryl/α,β-unsaturated/α-hetero) is 1. The Morgan fingerprint density at radius 3 is 2.69 bits per heavy atom. The molecule has 6 heteroatoms. The Hall–Kier alpha value is -1.23. The molecular formula is C10H8ClF3O2. The molecule has 1 aromatic rings. The molecule has 0 aliphatic carbocycles. The van der Waals surface area contributed by atoms with Crippen molar-refractivity contribution in [3.05, 3.63) is 29.6 Å². The molecule has 0 bridgehead atoms. The number of halogens is 4. The van der Waals surface area contributed by atoms with E-state index in [4.69, 9.17) is 11.6 Å². The van der Waals surface area contributed by atoms with Crippen molar-refractivity contribution in [2.24, 2.45) is 0 Å². The fourth-order valence-corrected chi connectivity index (χ4v) is 1.31. The van der Waals surface area contributed by atoms with Gasteiger partial charge in [0.2, 0.25) is 0 Å². The van der Waals surface area contributed by atoms with Gasteiger partial charge < -0.3 is 4.74 Å². The molecule has 0 saturated heterocycles. The van der Waals surface area contributed by atoms with Gasteiger partial charge in [0.1, 0.15) is 0 Å². The normalized spacial score (nSPS) is 10.6. The highest BCUT2D eigenvalue weighted by Crippen LogP contribution is 2.23. The predicted octanol–water partition coefficient (Wildman–Crippen LogP) is 3.24. The molecule has 0 atom stereocenters. The summed E-state index contributed by atoms with van der Waals surface area (Å²) in [6.45, 7) is -3.13. The van der Waals surface area contributed by atoms with Crippen LogP contribution in [0, 0.1) is 5.82 Å². The number of carbonyl (C=O) groups excluding carboxylic acids is 1. The Balaban J connectivity index is 2.99. The lowest BCUT2D eigenvalue weighted by Gasteiger charge is -2.08. The topological polar surface area (TPSA) is 26.3 Å². The largest absolute Gasteiger partial charge is 0.432 e. The fourth-order valence-electron chi connectivity index (χ4n) is 1.13. The summed E-state index contributed by atoms with van der Waals surface area (Å²) >= 11 is 5.33. The number of ether oxygens (including phenoxy) is 1. The van der Waals surface area contributed by atoms with Crippen LogP contribution in [0.4, 0.5) is 13.2 Å². The zero-order chi connectivity index (χ0) is 12.1. The van der Waals surface area contributed by atoms with Gasteiger partial charge in [-0.2, -0.15) is 8.78 Å². The molecule has 1 rings (SSSR count). The van der Waals surface area contributed by atoms with Gasteiger partial charge >= 0.3 is 6.61 Å². The van der Waals surface area contributed by atoms with E-state index < -0.39 is 24.0 Å². The summed E-state index contributed by atoms with van der Waals surface area (Å²) in [6, 6.07) is 3.49. The van der Waals surface area contributed by atoms with Gasteiger partial charge in [0, 0.05) is 12.3 Å². The molecule has 0 amide bonds. The van der Waals surface area contributed by atoms with Crippen molar-refractivity contribution in [1.29, 1.82) is 0 Å². The Kier molecular flexibility index (Phi) is 4.61. The summed E-state index contributed by atoms with van der Waals surface area (Å²) in [5, 5.41) is 0. The molecule has 0 spiro atoms. The summed E-state index contributed by atoms with van der Waals surface area (Å²) in [5.41, 5.74) is -0.293. The minimum absolute atomic E-state index is 0.0399. The third kappa shape index (κ3) is 3.13. The molecule has 16 heavy (non-hydrogen) atoms. The van der Waals surface area contributed by atoms with E-state index in [1.807, 2.05) is 0 Å². The maximum atomic E-state index is 13.5. The maximum absolute atomic E-state index is 13.5. The van der Waals surface area contributed by atoms with Crippen LogP contribution in [0.15, 0.2) is 18.2 Å². The summed E-state index contributed by atoms with van der Waals surface area (Å²) in [5.74, 6) is -2.24. The number of alkyl halides is 3. The average Bonchev–Trinajstić information content (AvgIpc) is 2.21. The van der Waals surface area contributed by atoms with Crippen LogP contribution >= 0.6 is 11.6 Å². The van der Waals surface area contributed by atoms with Gasteiger partial charge in [0.15, 0.2) is 17.3 Å². The smallest absolute Gasteiger partial charge is 0.387 e. The highest BCUT2D eigenvalue weighted by atomic mass is 35.5. The van der Waals surface area contributed by atoms with Crippen LogP contribution in [-0.2, 0) is 0 Å². The Morgan fingerprint density at radius 2 is 2.12 bits per heavy atom. The molecule has 0 unspecified atom stereocenters. The molecule has 2 nitrogen and oxygen atoms in total. The van der Waals surface area contributed by atoms with Crippen molar-refractivity contribution in [1.82, 2.24) is 0 Å². The van der Waals surface area contributed by atoms with Crippen molar-refractivity contribution >= 4 is 17.4 Å². The Bertz CT molecular complexity index is 382. The van der Waals surface area contributed by atoms with Gasteiger partial charge in [-0.15, -0.1) is 11.6 Å².